The molecule has 0 saturated heterocycles. The van der Waals surface area contributed by atoms with E-state index < -0.39 is 5.97 Å². The SMILES string of the molecule is Nc1cccc(NCC(=O)O)n1. The number of pyridine rings is 1. The van der Waals surface area contributed by atoms with E-state index in [0.29, 0.717) is 11.6 Å². The zero-order valence-electron chi connectivity index (χ0n) is 6.32. The number of hydrogen-bond donors (Lipinski definition) is 3. The van der Waals surface area contributed by atoms with Gasteiger partial charge in [-0.1, -0.05) is 6.07 Å². The van der Waals surface area contributed by atoms with Crippen LogP contribution in [0.5, 0.6) is 0 Å². The first-order valence-electron chi connectivity index (χ1n) is 3.36. The molecule has 0 aliphatic rings. The number of nitrogens with zero attached hydrogens (tertiary/aromatic N) is 1. The molecule has 0 fully saturated rings. The van der Waals surface area contributed by atoms with Gasteiger partial charge >= 0.3 is 5.97 Å². The Bertz CT molecular complexity index is 288. The van der Waals surface area contributed by atoms with Crippen molar-refractivity contribution in [3.63, 3.8) is 0 Å². The summed E-state index contributed by atoms with van der Waals surface area (Å²) in [6.07, 6.45) is 0. The molecule has 0 amide bonds. The lowest BCUT2D eigenvalue weighted by Gasteiger charge is -2.01. The maximum atomic E-state index is 10.1. The largest absolute Gasteiger partial charge is 0.480 e. The van der Waals surface area contributed by atoms with Gasteiger partial charge in [0.05, 0.1) is 0 Å². The molecule has 1 rings (SSSR count). The summed E-state index contributed by atoms with van der Waals surface area (Å²) < 4.78 is 0. The van der Waals surface area contributed by atoms with Crippen molar-refractivity contribution < 1.29 is 9.90 Å². The fourth-order valence-corrected chi connectivity index (χ4v) is 0.716. The lowest BCUT2D eigenvalue weighted by atomic mass is 10.4. The van der Waals surface area contributed by atoms with Crippen molar-refractivity contribution in [3.05, 3.63) is 18.2 Å². The maximum Gasteiger partial charge on any atom is 0.322 e. The van der Waals surface area contributed by atoms with Crippen LogP contribution >= 0.6 is 0 Å². The van der Waals surface area contributed by atoms with Crippen molar-refractivity contribution in [2.24, 2.45) is 0 Å². The summed E-state index contributed by atoms with van der Waals surface area (Å²) in [4.78, 5) is 14.0. The number of anilines is 2. The fraction of sp³-hybridized carbons (Fsp3) is 0.143. The summed E-state index contributed by atoms with van der Waals surface area (Å²) in [6, 6.07) is 4.98. The molecule has 0 atom stereocenters. The Morgan fingerprint density at radius 3 is 3.00 bits per heavy atom. The minimum atomic E-state index is -0.931. The highest BCUT2D eigenvalue weighted by molar-refractivity contribution is 5.72. The first-order chi connectivity index (χ1) is 5.68. The molecule has 1 aromatic heterocycles. The van der Waals surface area contributed by atoms with Gasteiger partial charge in [-0.15, -0.1) is 0 Å². The van der Waals surface area contributed by atoms with Crippen molar-refractivity contribution in [3.8, 4) is 0 Å². The Balaban J connectivity index is 2.57. The number of carbonyl (C=O) groups is 1. The van der Waals surface area contributed by atoms with E-state index in [-0.39, 0.29) is 6.54 Å². The smallest absolute Gasteiger partial charge is 0.322 e. The molecule has 0 spiro atoms. The van der Waals surface area contributed by atoms with Gasteiger partial charge in [0, 0.05) is 0 Å². The predicted octanol–water partition coefficient (Wildman–Crippen LogP) is 0.160. The van der Waals surface area contributed by atoms with Crippen LogP contribution in [0, 0.1) is 0 Å². The monoisotopic (exact) mass is 167 g/mol. The molecule has 1 aromatic rings. The molecule has 0 radical (unpaired) electrons. The zero-order chi connectivity index (χ0) is 8.97. The summed E-state index contributed by atoms with van der Waals surface area (Å²) in [5.41, 5.74) is 5.37. The van der Waals surface area contributed by atoms with Gasteiger partial charge in [-0.25, -0.2) is 4.98 Å². The molecule has 0 aliphatic carbocycles. The Labute approximate surface area is 69.2 Å². The molecular weight excluding hydrogens is 158 g/mol. The van der Waals surface area contributed by atoms with E-state index in [1.165, 1.54) is 0 Å². The van der Waals surface area contributed by atoms with Gasteiger partial charge in [0.15, 0.2) is 0 Å². The number of hydrogen-bond acceptors (Lipinski definition) is 4. The average molecular weight is 167 g/mol. The predicted molar refractivity (Wildman–Crippen MR) is 44.8 cm³/mol. The Kier molecular flexibility index (Phi) is 2.47. The van der Waals surface area contributed by atoms with E-state index in [0.717, 1.165) is 0 Å². The minimum Gasteiger partial charge on any atom is -0.480 e. The van der Waals surface area contributed by atoms with Crippen LogP contribution in [-0.4, -0.2) is 22.6 Å². The van der Waals surface area contributed by atoms with Crippen LogP contribution in [0.4, 0.5) is 11.6 Å². The topological polar surface area (TPSA) is 88.2 Å². The van der Waals surface area contributed by atoms with Crippen LogP contribution in [0.1, 0.15) is 0 Å². The summed E-state index contributed by atoms with van der Waals surface area (Å²) in [6.45, 7) is -0.156. The van der Waals surface area contributed by atoms with E-state index in [4.69, 9.17) is 10.8 Å². The molecular formula is C7H9N3O2. The van der Waals surface area contributed by atoms with Gasteiger partial charge in [0.25, 0.3) is 0 Å². The molecule has 0 saturated carbocycles. The number of nitrogens with one attached hydrogen (secondary N) is 1. The second kappa shape index (κ2) is 3.56. The molecule has 12 heavy (non-hydrogen) atoms. The van der Waals surface area contributed by atoms with Crippen LogP contribution in [0.3, 0.4) is 0 Å². The number of aromatic nitrogens is 1. The van der Waals surface area contributed by atoms with Crippen LogP contribution in [0.15, 0.2) is 18.2 Å². The second-order valence-corrected chi connectivity index (χ2v) is 2.19. The number of nitrogen functional groups attached to an aromatic ring is 1. The Morgan fingerprint density at radius 1 is 1.67 bits per heavy atom. The Morgan fingerprint density at radius 2 is 2.42 bits per heavy atom. The van der Waals surface area contributed by atoms with Gasteiger partial charge in [0.2, 0.25) is 0 Å². The number of rotatable bonds is 3. The third-order valence-electron chi connectivity index (χ3n) is 1.19. The van der Waals surface area contributed by atoms with E-state index in [1.54, 1.807) is 18.2 Å². The van der Waals surface area contributed by atoms with Gasteiger partial charge in [-0.2, -0.15) is 0 Å². The van der Waals surface area contributed by atoms with Gasteiger partial charge in [0.1, 0.15) is 18.2 Å². The van der Waals surface area contributed by atoms with E-state index in [2.05, 4.69) is 10.3 Å². The summed E-state index contributed by atoms with van der Waals surface area (Å²) in [5.74, 6) is -0.0954. The number of carboxylic acid groups (broad SMARTS) is 1. The minimum absolute atomic E-state index is 0.156. The third-order valence-corrected chi connectivity index (χ3v) is 1.19. The van der Waals surface area contributed by atoms with Gasteiger partial charge < -0.3 is 16.2 Å². The highest BCUT2D eigenvalue weighted by Gasteiger charge is 1.97. The summed E-state index contributed by atoms with van der Waals surface area (Å²) in [7, 11) is 0. The van der Waals surface area contributed by atoms with Crippen LogP contribution < -0.4 is 11.1 Å². The normalized spacial score (nSPS) is 9.33. The molecule has 5 heteroatoms. The molecule has 5 nitrogen and oxygen atoms in total. The lowest BCUT2D eigenvalue weighted by molar-refractivity contribution is -0.134. The van der Waals surface area contributed by atoms with Crippen molar-refractivity contribution in [1.29, 1.82) is 0 Å². The second-order valence-electron chi connectivity index (χ2n) is 2.19. The van der Waals surface area contributed by atoms with Crippen molar-refractivity contribution in [2.45, 2.75) is 0 Å². The number of carboxylic acids is 1. The van der Waals surface area contributed by atoms with Crippen molar-refractivity contribution in [1.82, 2.24) is 4.98 Å². The van der Waals surface area contributed by atoms with E-state index in [1.807, 2.05) is 0 Å². The average Bonchev–Trinajstić information content (AvgIpc) is 2.01. The molecule has 4 N–H and O–H groups in total. The fourth-order valence-electron chi connectivity index (χ4n) is 0.716. The van der Waals surface area contributed by atoms with Crippen LogP contribution in [-0.2, 0) is 4.79 Å². The first-order valence-corrected chi connectivity index (χ1v) is 3.36. The number of nitrogens with two attached hydrogens (primary N) is 1. The molecule has 0 unspecified atom stereocenters. The van der Waals surface area contributed by atoms with E-state index >= 15 is 0 Å². The highest BCUT2D eigenvalue weighted by Crippen LogP contribution is 2.04. The van der Waals surface area contributed by atoms with Gasteiger partial charge in [-0.3, -0.25) is 4.79 Å². The quantitative estimate of drug-likeness (QED) is 0.596. The maximum absolute atomic E-state index is 10.1. The Hall–Kier alpha value is -1.78. The lowest BCUT2D eigenvalue weighted by Crippen LogP contribution is -2.13. The van der Waals surface area contributed by atoms with Crippen molar-refractivity contribution in [2.75, 3.05) is 17.6 Å². The molecule has 64 valence electrons. The highest BCUT2D eigenvalue weighted by atomic mass is 16.4. The molecule has 0 aliphatic heterocycles. The summed E-state index contributed by atoms with van der Waals surface area (Å²) in [5, 5.41) is 10.9. The van der Waals surface area contributed by atoms with Crippen LogP contribution in [0.2, 0.25) is 0 Å². The molecule has 0 bridgehead atoms. The van der Waals surface area contributed by atoms with E-state index in [9.17, 15) is 4.79 Å². The first kappa shape index (κ1) is 8.32. The molecule has 1 heterocycles. The van der Waals surface area contributed by atoms with Crippen molar-refractivity contribution >= 4 is 17.6 Å². The third kappa shape index (κ3) is 2.45. The van der Waals surface area contributed by atoms with Gasteiger partial charge in [-0.05, 0) is 12.1 Å². The zero-order valence-corrected chi connectivity index (χ0v) is 6.32. The van der Waals surface area contributed by atoms with Crippen LogP contribution in [0.25, 0.3) is 0 Å². The molecule has 0 aromatic carbocycles. The number of aliphatic carboxylic acids is 1. The standard InChI is InChI=1S/C7H9N3O2/c8-5-2-1-3-6(10-5)9-4-7(11)12/h1-3H,4H2,(H,11,12)(H3,8,9,10). The summed E-state index contributed by atoms with van der Waals surface area (Å²) >= 11 is 0.